The van der Waals surface area contributed by atoms with Gasteiger partial charge < -0.3 is 20.7 Å². The maximum Gasteiger partial charge on any atom is 0.407 e. The van der Waals surface area contributed by atoms with Crippen LogP contribution in [0.4, 0.5) is 16.6 Å². The van der Waals surface area contributed by atoms with Gasteiger partial charge in [-0.3, -0.25) is 0 Å². The second-order valence-corrected chi connectivity index (χ2v) is 6.66. The molecule has 0 bridgehead atoms. The number of hydrogen-bond donors (Lipinski definition) is 2. The van der Waals surface area contributed by atoms with Gasteiger partial charge in [0.1, 0.15) is 11.4 Å². The second kappa shape index (κ2) is 6.37. The van der Waals surface area contributed by atoms with Crippen LogP contribution < -0.4 is 16.0 Å². The molecule has 0 aromatic carbocycles. The third-order valence-corrected chi connectivity index (χ3v) is 3.32. The zero-order chi connectivity index (χ0) is 16.3. The Morgan fingerprint density at radius 1 is 1.45 bits per heavy atom. The Kier molecular flexibility index (Phi) is 4.73. The van der Waals surface area contributed by atoms with E-state index in [1.54, 1.807) is 0 Å². The molecule has 1 amide bonds. The highest BCUT2D eigenvalue weighted by molar-refractivity contribution is 5.68. The van der Waals surface area contributed by atoms with Gasteiger partial charge >= 0.3 is 6.09 Å². The monoisotopic (exact) mass is 307 g/mol. The number of hydrogen-bond acceptors (Lipinski definition) is 6. The van der Waals surface area contributed by atoms with Crippen molar-refractivity contribution in [3.8, 4) is 0 Å². The van der Waals surface area contributed by atoms with Gasteiger partial charge in [-0.15, -0.1) is 0 Å². The Labute approximate surface area is 131 Å². The van der Waals surface area contributed by atoms with Crippen LogP contribution in [0.5, 0.6) is 0 Å². The first-order chi connectivity index (χ1) is 10.2. The maximum atomic E-state index is 11.9. The molecule has 22 heavy (non-hydrogen) atoms. The summed E-state index contributed by atoms with van der Waals surface area (Å²) < 4.78 is 5.31. The number of ether oxygens (including phenoxy) is 1. The average molecular weight is 307 g/mol. The van der Waals surface area contributed by atoms with Crippen molar-refractivity contribution in [2.75, 3.05) is 23.7 Å². The molecule has 0 aliphatic carbocycles. The Balaban J connectivity index is 1.98. The number of nitrogens with two attached hydrogens (primary N) is 1. The average Bonchev–Trinajstić information content (AvgIpc) is 2.35. The number of amides is 1. The van der Waals surface area contributed by atoms with Crippen molar-refractivity contribution in [2.45, 2.75) is 52.2 Å². The highest BCUT2D eigenvalue weighted by Crippen LogP contribution is 2.19. The lowest BCUT2D eigenvalue weighted by molar-refractivity contribution is 0.0500. The summed E-state index contributed by atoms with van der Waals surface area (Å²) in [7, 11) is 0. The number of nitrogen functional groups attached to an aromatic ring is 1. The van der Waals surface area contributed by atoms with Crippen LogP contribution in [0.25, 0.3) is 0 Å². The SMILES string of the molecule is Cc1cc(N2CCC[C@@H](NC(=O)OC(C)(C)C)C2)nc(N)n1. The summed E-state index contributed by atoms with van der Waals surface area (Å²) in [5, 5.41) is 2.93. The van der Waals surface area contributed by atoms with Crippen LogP contribution in [0.1, 0.15) is 39.3 Å². The number of carbonyl (C=O) groups is 1. The molecular weight excluding hydrogens is 282 g/mol. The number of alkyl carbamates (subject to hydrolysis) is 1. The predicted octanol–water partition coefficient (Wildman–Crippen LogP) is 1.86. The molecule has 1 atom stereocenters. The van der Waals surface area contributed by atoms with E-state index in [0.29, 0.717) is 6.54 Å². The Hall–Kier alpha value is -2.05. The molecule has 1 aromatic heterocycles. The fraction of sp³-hybridized carbons (Fsp3) is 0.667. The molecule has 0 saturated carbocycles. The van der Waals surface area contributed by atoms with E-state index < -0.39 is 5.60 Å². The van der Waals surface area contributed by atoms with Crippen LogP contribution in [0, 0.1) is 6.92 Å². The standard InChI is InChI=1S/C15H25N5O2/c1-10-8-12(19-13(16)17-10)20-7-5-6-11(9-20)18-14(21)22-15(2,3)4/h8,11H,5-7,9H2,1-4H3,(H,18,21)(H2,16,17,19)/t11-/m1/s1. The zero-order valence-electron chi connectivity index (χ0n) is 13.7. The summed E-state index contributed by atoms with van der Waals surface area (Å²) in [4.78, 5) is 22.4. The molecule has 0 spiro atoms. The molecule has 1 aliphatic heterocycles. The normalized spacial score (nSPS) is 18.9. The lowest BCUT2D eigenvalue weighted by Crippen LogP contribution is -2.49. The topological polar surface area (TPSA) is 93.4 Å². The molecule has 2 rings (SSSR count). The minimum atomic E-state index is -0.489. The number of aryl methyl sites for hydroxylation is 1. The molecule has 0 unspecified atom stereocenters. The molecule has 7 heteroatoms. The van der Waals surface area contributed by atoms with E-state index >= 15 is 0 Å². The molecule has 1 aromatic rings. The first kappa shape index (κ1) is 16.3. The van der Waals surface area contributed by atoms with Gasteiger partial charge in [-0.1, -0.05) is 0 Å². The van der Waals surface area contributed by atoms with Crippen LogP contribution in [0.2, 0.25) is 0 Å². The van der Waals surface area contributed by atoms with Gasteiger partial charge in [-0.05, 0) is 40.5 Å². The summed E-state index contributed by atoms with van der Waals surface area (Å²) in [6.45, 7) is 9.03. The first-order valence-corrected chi connectivity index (χ1v) is 7.58. The largest absolute Gasteiger partial charge is 0.444 e. The first-order valence-electron chi connectivity index (χ1n) is 7.58. The summed E-state index contributed by atoms with van der Waals surface area (Å²) in [5.74, 6) is 1.08. The number of nitrogens with zero attached hydrogens (tertiary/aromatic N) is 3. The van der Waals surface area contributed by atoms with E-state index in [4.69, 9.17) is 10.5 Å². The third-order valence-electron chi connectivity index (χ3n) is 3.32. The number of anilines is 2. The lowest BCUT2D eigenvalue weighted by Gasteiger charge is -2.34. The Morgan fingerprint density at radius 3 is 2.82 bits per heavy atom. The van der Waals surface area contributed by atoms with Crippen molar-refractivity contribution in [1.29, 1.82) is 0 Å². The van der Waals surface area contributed by atoms with E-state index in [9.17, 15) is 4.79 Å². The minimum Gasteiger partial charge on any atom is -0.444 e. The number of rotatable bonds is 2. The van der Waals surface area contributed by atoms with Gasteiger partial charge in [-0.2, -0.15) is 4.98 Å². The van der Waals surface area contributed by atoms with E-state index in [0.717, 1.165) is 30.9 Å². The maximum absolute atomic E-state index is 11.9. The molecule has 1 saturated heterocycles. The van der Waals surface area contributed by atoms with Crippen LogP contribution in [-0.4, -0.2) is 40.8 Å². The molecule has 7 nitrogen and oxygen atoms in total. The molecule has 0 radical (unpaired) electrons. The molecule has 1 aliphatic rings. The van der Waals surface area contributed by atoms with Crippen molar-refractivity contribution in [2.24, 2.45) is 0 Å². The fourth-order valence-corrected chi connectivity index (χ4v) is 2.51. The van der Waals surface area contributed by atoms with Gasteiger partial charge in [-0.25, -0.2) is 9.78 Å². The Morgan fingerprint density at radius 2 is 2.18 bits per heavy atom. The molecule has 3 N–H and O–H groups in total. The van der Waals surface area contributed by atoms with Gasteiger partial charge in [0.2, 0.25) is 5.95 Å². The molecular formula is C15H25N5O2. The summed E-state index contributed by atoms with van der Waals surface area (Å²) in [6, 6.07) is 1.95. The molecule has 1 fully saturated rings. The second-order valence-electron chi connectivity index (χ2n) is 6.66. The minimum absolute atomic E-state index is 0.0418. The molecule has 2 heterocycles. The number of nitrogens with one attached hydrogen (secondary N) is 1. The lowest BCUT2D eigenvalue weighted by atomic mass is 10.1. The highest BCUT2D eigenvalue weighted by Gasteiger charge is 2.25. The smallest absolute Gasteiger partial charge is 0.407 e. The number of aromatic nitrogens is 2. The predicted molar refractivity (Wildman–Crippen MR) is 85.8 cm³/mol. The molecule has 122 valence electrons. The van der Waals surface area contributed by atoms with Gasteiger partial charge in [0.05, 0.1) is 0 Å². The summed E-state index contributed by atoms with van der Waals surface area (Å²) in [6.07, 6.45) is 1.52. The quantitative estimate of drug-likeness (QED) is 0.866. The van der Waals surface area contributed by atoms with E-state index in [1.165, 1.54) is 0 Å². The Bertz CT molecular complexity index is 521. The van der Waals surface area contributed by atoms with Gasteiger partial charge in [0.15, 0.2) is 0 Å². The van der Waals surface area contributed by atoms with Crippen molar-refractivity contribution in [3.63, 3.8) is 0 Å². The van der Waals surface area contributed by atoms with Crippen molar-refractivity contribution < 1.29 is 9.53 Å². The van der Waals surface area contributed by atoms with Crippen LogP contribution >= 0.6 is 0 Å². The number of piperidine rings is 1. The zero-order valence-corrected chi connectivity index (χ0v) is 13.7. The van der Waals surface area contributed by atoms with E-state index in [2.05, 4.69) is 20.2 Å². The summed E-state index contributed by atoms with van der Waals surface area (Å²) in [5.41, 5.74) is 6.06. The highest BCUT2D eigenvalue weighted by atomic mass is 16.6. The van der Waals surface area contributed by atoms with Crippen molar-refractivity contribution in [1.82, 2.24) is 15.3 Å². The van der Waals surface area contributed by atoms with Crippen LogP contribution in [-0.2, 0) is 4.74 Å². The van der Waals surface area contributed by atoms with Crippen LogP contribution in [0.15, 0.2) is 6.07 Å². The van der Waals surface area contributed by atoms with Gasteiger partial charge in [0.25, 0.3) is 0 Å². The fourth-order valence-electron chi connectivity index (χ4n) is 2.51. The third kappa shape index (κ3) is 4.75. The number of carbonyl (C=O) groups excluding carboxylic acids is 1. The summed E-state index contributed by atoms with van der Waals surface area (Å²) >= 11 is 0. The van der Waals surface area contributed by atoms with Gasteiger partial charge in [0, 0.05) is 30.9 Å². The van der Waals surface area contributed by atoms with E-state index in [-0.39, 0.29) is 18.1 Å². The van der Waals surface area contributed by atoms with E-state index in [1.807, 2.05) is 33.8 Å². The van der Waals surface area contributed by atoms with Crippen molar-refractivity contribution >= 4 is 17.9 Å². The van der Waals surface area contributed by atoms with Crippen LogP contribution in [0.3, 0.4) is 0 Å². The van der Waals surface area contributed by atoms with Crippen molar-refractivity contribution in [3.05, 3.63) is 11.8 Å².